The van der Waals surface area contributed by atoms with E-state index in [4.69, 9.17) is 0 Å². The average Bonchev–Trinajstić information content (AvgIpc) is 2.45. The van der Waals surface area contributed by atoms with Gasteiger partial charge in [-0.15, -0.1) is 7.71 Å². The van der Waals surface area contributed by atoms with Gasteiger partial charge < -0.3 is 0 Å². The van der Waals surface area contributed by atoms with Gasteiger partial charge in [0.1, 0.15) is 25.2 Å². The molecule has 0 aliphatic carbocycles. The van der Waals surface area contributed by atoms with E-state index in [2.05, 4.69) is 55.0 Å². The largest absolute Gasteiger partial charge is 0.142 e. The highest BCUT2D eigenvalue weighted by molar-refractivity contribution is 7.65. The Kier molecular flexibility index (Phi) is 11.1. The predicted octanol–water partition coefficient (Wildman–Crippen LogP) is 3.57. The first-order chi connectivity index (χ1) is 8.92. The molecule has 7 heteroatoms. The summed E-state index contributed by atoms with van der Waals surface area (Å²) in [6, 6.07) is 0. The second kappa shape index (κ2) is 10.6. The van der Waals surface area contributed by atoms with Gasteiger partial charge in [-0.3, -0.25) is 0 Å². The highest BCUT2D eigenvalue weighted by atomic mass is 29.1. The molecular weight excluding hydrogens is 272 g/mol. The molecule has 0 nitrogen and oxygen atoms in total. The Balaban J connectivity index is 5.77. The van der Waals surface area contributed by atoms with Crippen LogP contribution in [-0.2, 0) is 0 Å². The van der Waals surface area contributed by atoms with Crippen LogP contribution in [0.15, 0.2) is 0 Å². The van der Waals surface area contributed by atoms with Crippen LogP contribution in [-0.4, -0.2) is 48.2 Å². The Morgan fingerprint density at radius 2 is 0.789 bits per heavy atom. The lowest BCUT2D eigenvalue weighted by Gasteiger charge is -2.17. The molecule has 0 atom stereocenters. The molecule has 0 unspecified atom stereocenters. The topological polar surface area (TPSA) is 0 Å². The molecule has 0 saturated heterocycles. The van der Waals surface area contributed by atoms with Crippen molar-refractivity contribution in [2.75, 3.05) is 0 Å². The van der Waals surface area contributed by atoms with Crippen molar-refractivity contribution in [1.82, 2.24) is 0 Å². The van der Waals surface area contributed by atoms with Crippen LogP contribution in [0.25, 0.3) is 0 Å². The summed E-state index contributed by atoms with van der Waals surface area (Å²) in [4.78, 5) is 0. The van der Waals surface area contributed by atoms with Crippen molar-refractivity contribution >= 4 is 48.2 Å². The normalized spacial score (nSPS) is 9.68. The summed E-state index contributed by atoms with van der Waals surface area (Å²) in [5, 5.41) is 0. The maximum atomic E-state index is 2.54. The number of hydrogen-bond acceptors (Lipinski definition) is 0. The molecule has 0 spiro atoms. The minimum absolute atomic E-state index is 0.136. The van der Waals surface area contributed by atoms with E-state index in [-0.39, 0.29) is 15.3 Å². The van der Waals surface area contributed by atoms with E-state index in [0.29, 0.717) is 0 Å². The van der Waals surface area contributed by atoms with Gasteiger partial charge in [-0.2, -0.15) is 0 Å². The van der Waals surface area contributed by atoms with Gasteiger partial charge in [-0.1, -0.05) is 80.3 Å². The van der Waals surface area contributed by atoms with E-state index in [1.54, 1.807) is 0 Å². The van der Waals surface area contributed by atoms with Crippen molar-refractivity contribution in [3.63, 3.8) is 0 Å². The fourth-order valence-corrected chi connectivity index (χ4v) is 25.8. The fraction of sp³-hybridized carbons (Fsp3) is 1.00. The highest BCUT2D eigenvalue weighted by Crippen LogP contribution is 2.01. The smallest absolute Gasteiger partial charge is 0.132 e. The quantitative estimate of drug-likeness (QED) is 0.601. The van der Waals surface area contributed by atoms with E-state index >= 15 is 0 Å². The standard InChI is InChI=1S/C12H32B4Si3/c1-9-13(5)18(14(6)10-2)17-19(15(7)11-3)16(8)12-4/h9-12H2,1-8H3. The average molecular weight is 304 g/mol. The minimum atomic E-state index is -0.136. The molecule has 0 N–H and O–H groups in total. The molecule has 0 aliphatic rings. The zero-order valence-electron chi connectivity index (χ0n) is 14.6. The molecule has 0 aliphatic heterocycles. The SMILES string of the molecule is CCB(C)[Si](=[Si]=[Si](B(C)CC)B(C)CC)B(C)CC. The van der Waals surface area contributed by atoms with Crippen LogP contribution in [0.1, 0.15) is 27.7 Å². The summed E-state index contributed by atoms with van der Waals surface area (Å²) < 4.78 is 0. The monoisotopic (exact) mass is 304 g/mol. The van der Waals surface area contributed by atoms with E-state index < -0.39 is 0 Å². The van der Waals surface area contributed by atoms with Crippen molar-refractivity contribution in [1.29, 1.82) is 0 Å². The Morgan fingerprint density at radius 3 is 0.947 bits per heavy atom. The lowest BCUT2D eigenvalue weighted by molar-refractivity contribution is 1.43. The fourth-order valence-electron chi connectivity index (χ4n) is 2.51. The van der Waals surface area contributed by atoms with Crippen LogP contribution in [0.5, 0.6) is 0 Å². The molecule has 0 radical (unpaired) electrons. The van der Waals surface area contributed by atoms with E-state index in [0.717, 1.165) is 25.2 Å². The second-order valence-electron chi connectivity index (χ2n) is 6.27. The molecule has 0 amide bonds. The van der Waals surface area contributed by atoms with Crippen LogP contribution >= 0.6 is 0 Å². The lowest BCUT2D eigenvalue weighted by atomic mass is 9.73. The maximum Gasteiger partial charge on any atom is 0.142 e. The van der Waals surface area contributed by atoms with E-state index in [9.17, 15) is 0 Å². The van der Waals surface area contributed by atoms with Crippen LogP contribution in [0.2, 0.25) is 52.6 Å². The van der Waals surface area contributed by atoms with E-state index in [1.807, 2.05) is 0 Å². The van der Waals surface area contributed by atoms with Crippen molar-refractivity contribution in [3.8, 4) is 0 Å². The van der Waals surface area contributed by atoms with Crippen LogP contribution in [0.3, 0.4) is 0 Å². The first-order valence-corrected chi connectivity index (χ1v) is 14.7. The first-order valence-electron chi connectivity index (χ1n) is 8.43. The van der Waals surface area contributed by atoms with Crippen molar-refractivity contribution in [2.45, 2.75) is 80.3 Å². The summed E-state index contributed by atoms with van der Waals surface area (Å²) in [6.07, 6.45) is 9.70. The summed E-state index contributed by atoms with van der Waals surface area (Å²) in [5.41, 5.74) is 0. The summed E-state index contributed by atoms with van der Waals surface area (Å²) >= 11 is 0. The maximum absolute atomic E-state index is 2.54. The van der Waals surface area contributed by atoms with Gasteiger partial charge in [0.15, 0.2) is 0 Å². The predicted molar refractivity (Wildman–Crippen MR) is 106 cm³/mol. The van der Waals surface area contributed by atoms with Gasteiger partial charge >= 0.3 is 0 Å². The molecule has 0 aromatic carbocycles. The molecule has 0 aromatic heterocycles. The molecule has 0 fully saturated rings. The summed E-state index contributed by atoms with van der Waals surface area (Å²) in [6.45, 7) is 19.8. The van der Waals surface area contributed by atoms with Crippen molar-refractivity contribution in [2.24, 2.45) is 0 Å². The number of rotatable bonds is 8. The second-order valence-corrected chi connectivity index (χ2v) is 18.8. The van der Waals surface area contributed by atoms with Gasteiger partial charge in [0, 0.05) is 0 Å². The van der Waals surface area contributed by atoms with Gasteiger partial charge in [0.2, 0.25) is 0 Å². The molecule has 0 saturated carbocycles. The van der Waals surface area contributed by atoms with Gasteiger partial charge in [-0.05, 0) is 15.3 Å². The Bertz CT molecular complexity index is 277. The van der Waals surface area contributed by atoms with E-state index in [1.165, 1.54) is 33.0 Å². The molecular formula is C12H32B4Si3. The zero-order chi connectivity index (χ0) is 15.0. The van der Waals surface area contributed by atoms with Crippen LogP contribution < -0.4 is 0 Å². The molecule has 0 rings (SSSR count). The molecule has 104 valence electrons. The third kappa shape index (κ3) is 6.47. The molecule has 19 heavy (non-hydrogen) atoms. The molecule has 0 aromatic rings. The first kappa shape index (κ1) is 19.9. The lowest BCUT2D eigenvalue weighted by Crippen LogP contribution is -2.45. The van der Waals surface area contributed by atoms with Crippen molar-refractivity contribution in [3.05, 3.63) is 0 Å². The Morgan fingerprint density at radius 1 is 0.579 bits per heavy atom. The third-order valence-electron chi connectivity index (χ3n) is 4.86. The van der Waals surface area contributed by atoms with Gasteiger partial charge in [-0.25, -0.2) is 0 Å². The van der Waals surface area contributed by atoms with Crippen LogP contribution in [0, 0.1) is 0 Å². The Labute approximate surface area is 128 Å². The zero-order valence-corrected chi connectivity index (χ0v) is 17.6. The molecule has 0 heterocycles. The highest BCUT2D eigenvalue weighted by Gasteiger charge is 2.22. The number of hydrogen-bond donors (Lipinski definition) is 0. The Hall–Kier alpha value is 0.910. The van der Waals surface area contributed by atoms with Gasteiger partial charge in [0.25, 0.3) is 0 Å². The summed E-state index contributed by atoms with van der Waals surface area (Å²) in [7, 11) is 1.09. The summed E-state index contributed by atoms with van der Waals surface area (Å²) in [5.74, 6) is 0. The van der Waals surface area contributed by atoms with Crippen molar-refractivity contribution < 1.29 is 0 Å². The molecule has 0 bridgehead atoms. The van der Waals surface area contributed by atoms with Crippen LogP contribution in [0.4, 0.5) is 0 Å². The minimum Gasteiger partial charge on any atom is -0.132 e. The van der Waals surface area contributed by atoms with Gasteiger partial charge in [0.05, 0.1) is 0 Å². The third-order valence-corrected chi connectivity index (χ3v) is 24.2.